The number of aromatic nitrogens is 2. The van der Waals surface area contributed by atoms with Crippen molar-refractivity contribution in [2.75, 3.05) is 37.5 Å². The zero-order valence-corrected chi connectivity index (χ0v) is 13.2. The number of nitrogens with zero attached hydrogens (tertiary/aromatic N) is 3. The van der Waals surface area contributed by atoms with Crippen LogP contribution in [0.3, 0.4) is 0 Å². The van der Waals surface area contributed by atoms with Crippen molar-refractivity contribution < 1.29 is 4.74 Å². The van der Waals surface area contributed by atoms with Gasteiger partial charge in [0.1, 0.15) is 5.82 Å². The standard InChI is InChI=1S/C13H21BrN4O/c1-15-12-11(14)10(9-19-2)16-13(17-12)18-7-5-3-4-6-8-18/h3-9H2,1-2H3,(H,15,16,17). The topological polar surface area (TPSA) is 50.3 Å². The molecule has 106 valence electrons. The van der Waals surface area contributed by atoms with Crippen molar-refractivity contribution in [3.05, 3.63) is 10.2 Å². The molecule has 0 amide bonds. The fourth-order valence-corrected chi connectivity index (χ4v) is 2.78. The summed E-state index contributed by atoms with van der Waals surface area (Å²) in [6.45, 7) is 2.56. The lowest BCUT2D eigenvalue weighted by Gasteiger charge is -2.22. The molecule has 0 atom stereocenters. The summed E-state index contributed by atoms with van der Waals surface area (Å²) in [6.07, 6.45) is 5.04. The number of anilines is 2. The third-order valence-electron chi connectivity index (χ3n) is 3.31. The third-order valence-corrected chi connectivity index (χ3v) is 4.15. The van der Waals surface area contributed by atoms with Crippen LogP contribution in [0.2, 0.25) is 0 Å². The van der Waals surface area contributed by atoms with Crippen LogP contribution in [0, 0.1) is 0 Å². The second kappa shape index (κ2) is 7.05. The molecule has 1 N–H and O–H groups in total. The Balaban J connectivity index is 2.30. The second-order valence-corrected chi connectivity index (χ2v) is 5.51. The van der Waals surface area contributed by atoms with Gasteiger partial charge in [-0.15, -0.1) is 0 Å². The third kappa shape index (κ3) is 3.57. The number of hydrogen-bond acceptors (Lipinski definition) is 5. The number of ether oxygens (including phenoxy) is 1. The monoisotopic (exact) mass is 328 g/mol. The molecule has 1 aliphatic heterocycles. The maximum Gasteiger partial charge on any atom is 0.227 e. The summed E-state index contributed by atoms with van der Waals surface area (Å²) < 4.78 is 6.09. The van der Waals surface area contributed by atoms with Crippen molar-refractivity contribution in [3.8, 4) is 0 Å². The number of methoxy groups -OCH3 is 1. The van der Waals surface area contributed by atoms with Crippen molar-refractivity contribution in [1.29, 1.82) is 0 Å². The van der Waals surface area contributed by atoms with Gasteiger partial charge in [0.25, 0.3) is 0 Å². The van der Waals surface area contributed by atoms with Gasteiger partial charge in [-0.3, -0.25) is 0 Å². The Hall–Kier alpha value is -0.880. The molecule has 0 unspecified atom stereocenters. The summed E-state index contributed by atoms with van der Waals surface area (Å²) in [7, 11) is 3.55. The Morgan fingerprint density at radius 1 is 1.21 bits per heavy atom. The highest BCUT2D eigenvalue weighted by Gasteiger charge is 2.17. The molecule has 6 heteroatoms. The van der Waals surface area contributed by atoms with Crippen LogP contribution in [0.1, 0.15) is 31.4 Å². The van der Waals surface area contributed by atoms with Gasteiger partial charge in [-0.2, -0.15) is 4.98 Å². The first-order chi connectivity index (χ1) is 9.26. The number of hydrogen-bond donors (Lipinski definition) is 1. The van der Waals surface area contributed by atoms with Crippen molar-refractivity contribution in [1.82, 2.24) is 9.97 Å². The predicted molar refractivity (Wildman–Crippen MR) is 80.7 cm³/mol. The van der Waals surface area contributed by atoms with Gasteiger partial charge >= 0.3 is 0 Å². The molecule has 0 saturated carbocycles. The summed E-state index contributed by atoms with van der Waals surface area (Å²) in [6, 6.07) is 0. The molecule has 1 aliphatic rings. The van der Waals surface area contributed by atoms with Gasteiger partial charge in [-0.05, 0) is 28.8 Å². The Bertz CT molecular complexity index is 419. The van der Waals surface area contributed by atoms with Crippen molar-refractivity contribution >= 4 is 27.7 Å². The zero-order chi connectivity index (χ0) is 13.7. The van der Waals surface area contributed by atoms with E-state index in [0.717, 1.165) is 35.0 Å². The maximum atomic E-state index is 5.21. The Labute approximate surface area is 122 Å². The van der Waals surface area contributed by atoms with Gasteiger partial charge < -0.3 is 15.0 Å². The van der Waals surface area contributed by atoms with Gasteiger partial charge in [0, 0.05) is 27.2 Å². The van der Waals surface area contributed by atoms with E-state index in [9.17, 15) is 0 Å². The average Bonchev–Trinajstić information content (AvgIpc) is 2.70. The maximum absolute atomic E-state index is 5.21. The summed E-state index contributed by atoms with van der Waals surface area (Å²) in [5, 5.41) is 3.11. The second-order valence-electron chi connectivity index (χ2n) is 4.72. The minimum Gasteiger partial charge on any atom is -0.378 e. The van der Waals surface area contributed by atoms with E-state index >= 15 is 0 Å². The van der Waals surface area contributed by atoms with Crippen LogP contribution in [0.15, 0.2) is 4.47 Å². The molecule has 2 heterocycles. The molecule has 0 aromatic carbocycles. The average molecular weight is 329 g/mol. The Morgan fingerprint density at radius 3 is 2.47 bits per heavy atom. The van der Waals surface area contributed by atoms with E-state index in [1.165, 1.54) is 25.7 Å². The van der Waals surface area contributed by atoms with Gasteiger partial charge in [0.05, 0.1) is 16.8 Å². The fraction of sp³-hybridized carbons (Fsp3) is 0.692. The van der Waals surface area contributed by atoms with Crippen molar-refractivity contribution in [3.63, 3.8) is 0 Å². The summed E-state index contributed by atoms with van der Waals surface area (Å²) in [5.74, 6) is 1.63. The summed E-state index contributed by atoms with van der Waals surface area (Å²) >= 11 is 3.53. The molecule has 1 aromatic heterocycles. The van der Waals surface area contributed by atoms with E-state index in [1.807, 2.05) is 7.05 Å². The van der Waals surface area contributed by atoms with Crippen LogP contribution in [0.25, 0.3) is 0 Å². The number of rotatable bonds is 4. The number of halogens is 1. The lowest BCUT2D eigenvalue weighted by atomic mass is 10.2. The highest BCUT2D eigenvalue weighted by molar-refractivity contribution is 9.10. The molecular formula is C13H21BrN4O. The van der Waals surface area contributed by atoms with Gasteiger partial charge in [-0.25, -0.2) is 4.98 Å². The lowest BCUT2D eigenvalue weighted by molar-refractivity contribution is 0.181. The molecular weight excluding hydrogens is 308 g/mol. The fourth-order valence-electron chi connectivity index (χ4n) is 2.29. The molecule has 1 saturated heterocycles. The molecule has 1 fully saturated rings. The molecule has 0 spiro atoms. The first-order valence-corrected chi connectivity index (χ1v) is 7.53. The van der Waals surface area contributed by atoms with Crippen LogP contribution < -0.4 is 10.2 Å². The number of nitrogens with one attached hydrogen (secondary N) is 1. The van der Waals surface area contributed by atoms with E-state index in [2.05, 4.69) is 36.1 Å². The van der Waals surface area contributed by atoms with E-state index in [1.54, 1.807) is 7.11 Å². The molecule has 5 nitrogen and oxygen atoms in total. The van der Waals surface area contributed by atoms with E-state index in [4.69, 9.17) is 4.74 Å². The Morgan fingerprint density at radius 2 is 1.89 bits per heavy atom. The van der Waals surface area contributed by atoms with Crippen molar-refractivity contribution in [2.24, 2.45) is 0 Å². The van der Waals surface area contributed by atoms with Crippen LogP contribution >= 0.6 is 15.9 Å². The minimum atomic E-state index is 0.485. The first-order valence-electron chi connectivity index (χ1n) is 6.74. The molecule has 0 radical (unpaired) electrons. The predicted octanol–water partition coefficient (Wildman–Crippen LogP) is 2.81. The first kappa shape index (κ1) is 14.5. The molecule has 19 heavy (non-hydrogen) atoms. The van der Waals surface area contributed by atoms with Crippen LogP contribution in [-0.2, 0) is 11.3 Å². The highest BCUT2D eigenvalue weighted by Crippen LogP contribution is 2.27. The quantitative estimate of drug-likeness (QED) is 0.921. The SMILES string of the molecule is CNc1nc(N2CCCCCC2)nc(COC)c1Br. The molecule has 0 bridgehead atoms. The normalized spacial score (nSPS) is 16.3. The largest absolute Gasteiger partial charge is 0.378 e. The Kier molecular flexibility index (Phi) is 5.39. The van der Waals surface area contributed by atoms with E-state index in [-0.39, 0.29) is 0 Å². The summed E-state index contributed by atoms with van der Waals surface area (Å²) in [4.78, 5) is 11.5. The highest BCUT2D eigenvalue weighted by atomic mass is 79.9. The molecule has 1 aromatic rings. The van der Waals surface area contributed by atoms with Gasteiger partial charge in [-0.1, -0.05) is 12.8 Å². The lowest BCUT2D eigenvalue weighted by Crippen LogP contribution is -2.26. The molecule has 2 rings (SSSR count). The zero-order valence-electron chi connectivity index (χ0n) is 11.6. The molecule has 0 aliphatic carbocycles. The van der Waals surface area contributed by atoms with Crippen LogP contribution in [0.5, 0.6) is 0 Å². The van der Waals surface area contributed by atoms with Gasteiger partial charge in [0.15, 0.2) is 0 Å². The van der Waals surface area contributed by atoms with Crippen molar-refractivity contribution in [2.45, 2.75) is 32.3 Å². The van der Waals surface area contributed by atoms with E-state index in [0.29, 0.717) is 6.61 Å². The summed E-state index contributed by atoms with van der Waals surface area (Å²) in [5.41, 5.74) is 0.890. The smallest absolute Gasteiger partial charge is 0.227 e. The minimum absolute atomic E-state index is 0.485. The van der Waals surface area contributed by atoms with E-state index < -0.39 is 0 Å². The van der Waals surface area contributed by atoms with Crippen LogP contribution in [-0.4, -0.2) is 37.2 Å². The van der Waals surface area contributed by atoms with Gasteiger partial charge in [0.2, 0.25) is 5.95 Å². The van der Waals surface area contributed by atoms with Crippen LogP contribution in [0.4, 0.5) is 11.8 Å².